The Kier molecular flexibility index (Phi) is 6.68. The Bertz CT molecular complexity index is 607. The Morgan fingerprint density at radius 2 is 2.19 bits per heavy atom. The molecule has 0 bridgehead atoms. The van der Waals surface area contributed by atoms with Gasteiger partial charge in [-0.05, 0) is 25.5 Å². The molecular formula is C19H29FN4O2. The lowest BCUT2D eigenvalue weighted by Crippen LogP contribution is -2.47. The molecule has 2 heterocycles. The molecule has 1 aromatic rings. The number of hydrogen-bond acceptors (Lipinski definition) is 4. The Balaban J connectivity index is 1.45. The van der Waals surface area contributed by atoms with Crippen LogP contribution in [0, 0.1) is 5.82 Å². The summed E-state index contributed by atoms with van der Waals surface area (Å²) in [6, 6.07) is 6.80. The van der Waals surface area contributed by atoms with Crippen molar-refractivity contribution in [1.82, 2.24) is 15.1 Å². The summed E-state index contributed by atoms with van der Waals surface area (Å²) in [5.41, 5.74) is 0. The van der Waals surface area contributed by atoms with Gasteiger partial charge in [0.05, 0.1) is 19.8 Å². The van der Waals surface area contributed by atoms with Crippen LogP contribution in [0.2, 0.25) is 0 Å². The molecule has 2 atom stereocenters. The standard InChI is InChI=1S/C19H29FN4O2/c1-15(26-18-5-3-4-16(20)12-18)13-22-19(21-2)24-7-6-17(14-24)23-8-10-25-11-9-23/h3-5,12,15,17H,6-11,13-14H2,1-2H3,(H,21,22). The number of halogens is 1. The van der Waals surface area contributed by atoms with Crippen LogP contribution in [0.15, 0.2) is 29.3 Å². The fraction of sp³-hybridized carbons (Fsp3) is 0.632. The topological polar surface area (TPSA) is 49.3 Å². The first-order valence-corrected chi connectivity index (χ1v) is 9.35. The van der Waals surface area contributed by atoms with Crippen LogP contribution < -0.4 is 10.1 Å². The van der Waals surface area contributed by atoms with Crippen molar-refractivity contribution in [2.45, 2.75) is 25.5 Å². The van der Waals surface area contributed by atoms with Gasteiger partial charge in [-0.15, -0.1) is 0 Å². The summed E-state index contributed by atoms with van der Waals surface area (Å²) in [4.78, 5) is 9.24. The van der Waals surface area contributed by atoms with Gasteiger partial charge in [-0.1, -0.05) is 6.07 Å². The Labute approximate surface area is 155 Å². The third-order valence-electron chi connectivity index (χ3n) is 4.92. The molecule has 0 saturated carbocycles. The van der Waals surface area contributed by atoms with E-state index in [1.807, 2.05) is 14.0 Å². The quantitative estimate of drug-likeness (QED) is 0.635. The molecule has 0 amide bonds. The van der Waals surface area contributed by atoms with Crippen LogP contribution >= 0.6 is 0 Å². The van der Waals surface area contributed by atoms with Crippen molar-refractivity contribution in [2.75, 3.05) is 53.0 Å². The highest BCUT2D eigenvalue weighted by Gasteiger charge is 2.30. The minimum atomic E-state index is -0.287. The van der Waals surface area contributed by atoms with Crippen molar-refractivity contribution >= 4 is 5.96 Å². The zero-order valence-electron chi connectivity index (χ0n) is 15.7. The number of ether oxygens (including phenoxy) is 2. The second-order valence-corrected chi connectivity index (χ2v) is 6.85. The van der Waals surface area contributed by atoms with Gasteiger partial charge in [0, 0.05) is 45.3 Å². The smallest absolute Gasteiger partial charge is 0.193 e. The third kappa shape index (κ3) is 5.08. The Morgan fingerprint density at radius 3 is 2.92 bits per heavy atom. The number of likely N-dealkylation sites (tertiary alicyclic amines) is 1. The average molecular weight is 364 g/mol. The molecule has 2 unspecified atom stereocenters. The van der Waals surface area contributed by atoms with E-state index in [1.165, 1.54) is 12.1 Å². The normalized spacial score (nSPS) is 23.1. The maximum atomic E-state index is 13.2. The highest BCUT2D eigenvalue weighted by Crippen LogP contribution is 2.17. The van der Waals surface area contributed by atoms with Crippen LogP contribution in [0.5, 0.6) is 5.75 Å². The second kappa shape index (κ2) is 9.19. The number of rotatable bonds is 5. The maximum absolute atomic E-state index is 13.2. The SMILES string of the molecule is CN=C(NCC(C)Oc1cccc(F)c1)N1CCC(N2CCOCC2)C1. The predicted molar refractivity (Wildman–Crippen MR) is 100 cm³/mol. The number of morpholine rings is 1. The lowest BCUT2D eigenvalue weighted by Gasteiger charge is -2.32. The summed E-state index contributed by atoms with van der Waals surface area (Å²) in [5, 5.41) is 3.38. The van der Waals surface area contributed by atoms with E-state index in [0.29, 0.717) is 18.3 Å². The van der Waals surface area contributed by atoms with Crippen LogP contribution in [-0.2, 0) is 4.74 Å². The van der Waals surface area contributed by atoms with Gasteiger partial charge in [0.15, 0.2) is 5.96 Å². The van der Waals surface area contributed by atoms with Gasteiger partial charge >= 0.3 is 0 Å². The van der Waals surface area contributed by atoms with Crippen molar-refractivity contribution in [3.63, 3.8) is 0 Å². The third-order valence-corrected chi connectivity index (χ3v) is 4.92. The van der Waals surface area contributed by atoms with Gasteiger partial charge in [0.25, 0.3) is 0 Å². The molecule has 2 fully saturated rings. The number of benzene rings is 1. The zero-order valence-corrected chi connectivity index (χ0v) is 15.7. The molecule has 26 heavy (non-hydrogen) atoms. The summed E-state index contributed by atoms with van der Waals surface area (Å²) >= 11 is 0. The Hall–Kier alpha value is -1.86. The van der Waals surface area contributed by atoms with Crippen LogP contribution in [0.3, 0.4) is 0 Å². The highest BCUT2D eigenvalue weighted by molar-refractivity contribution is 5.80. The molecule has 2 aliphatic heterocycles. The first-order valence-electron chi connectivity index (χ1n) is 9.35. The molecule has 1 N–H and O–H groups in total. The van der Waals surface area contributed by atoms with Gasteiger partial charge in [-0.3, -0.25) is 9.89 Å². The largest absolute Gasteiger partial charge is 0.489 e. The zero-order chi connectivity index (χ0) is 18.4. The molecule has 0 aromatic heterocycles. The first-order chi connectivity index (χ1) is 12.7. The maximum Gasteiger partial charge on any atom is 0.193 e. The molecule has 1 aromatic carbocycles. The second-order valence-electron chi connectivity index (χ2n) is 6.85. The minimum Gasteiger partial charge on any atom is -0.489 e. The predicted octanol–water partition coefficient (Wildman–Crippen LogP) is 1.57. The number of nitrogens with zero attached hydrogens (tertiary/aromatic N) is 3. The van der Waals surface area contributed by atoms with Crippen LogP contribution in [0.25, 0.3) is 0 Å². The molecular weight excluding hydrogens is 335 g/mol. The first kappa shape index (κ1) is 18.9. The number of hydrogen-bond donors (Lipinski definition) is 1. The molecule has 7 heteroatoms. The molecule has 3 rings (SSSR count). The fourth-order valence-electron chi connectivity index (χ4n) is 3.56. The summed E-state index contributed by atoms with van der Waals surface area (Å²) in [7, 11) is 1.81. The molecule has 2 saturated heterocycles. The van der Waals surface area contributed by atoms with Crippen molar-refractivity contribution in [3.05, 3.63) is 30.1 Å². The number of guanidine groups is 1. The molecule has 0 radical (unpaired) electrons. The van der Waals surface area contributed by atoms with Gasteiger partial charge in [-0.25, -0.2) is 4.39 Å². The summed E-state index contributed by atoms with van der Waals surface area (Å²) in [6.45, 7) is 8.26. The van der Waals surface area contributed by atoms with Crippen LogP contribution in [-0.4, -0.2) is 80.9 Å². The summed E-state index contributed by atoms with van der Waals surface area (Å²) in [6.07, 6.45) is 1.06. The van der Waals surface area contributed by atoms with E-state index in [9.17, 15) is 4.39 Å². The molecule has 0 aliphatic carbocycles. The van der Waals surface area contributed by atoms with E-state index in [0.717, 1.165) is 51.8 Å². The Morgan fingerprint density at radius 1 is 1.38 bits per heavy atom. The number of nitrogens with one attached hydrogen (secondary N) is 1. The van der Waals surface area contributed by atoms with Crippen LogP contribution in [0.1, 0.15) is 13.3 Å². The van der Waals surface area contributed by atoms with E-state index >= 15 is 0 Å². The van der Waals surface area contributed by atoms with Crippen molar-refractivity contribution in [1.29, 1.82) is 0 Å². The van der Waals surface area contributed by atoms with Crippen LogP contribution in [0.4, 0.5) is 4.39 Å². The van der Waals surface area contributed by atoms with E-state index in [1.54, 1.807) is 12.1 Å². The molecule has 6 nitrogen and oxygen atoms in total. The van der Waals surface area contributed by atoms with Gasteiger partial charge in [-0.2, -0.15) is 0 Å². The summed E-state index contributed by atoms with van der Waals surface area (Å²) in [5.74, 6) is 1.16. The van der Waals surface area contributed by atoms with Crippen molar-refractivity contribution in [3.8, 4) is 5.75 Å². The van der Waals surface area contributed by atoms with Gasteiger partial charge in [0.2, 0.25) is 0 Å². The summed E-state index contributed by atoms with van der Waals surface area (Å²) < 4.78 is 24.5. The number of aliphatic imine (C=N–C) groups is 1. The van der Waals surface area contributed by atoms with E-state index in [-0.39, 0.29) is 11.9 Å². The molecule has 0 spiro atoms. The minimum absolute atomic E-state index is 0.0915. The highest BCUT2D eigenvalue weighted by atomic mass is 19.1. The van der Waals surface area contributed by atoms with Gasteiger partial charge in [0.1, 0.15) is 17.7 Å². The van der Waals surface area contributed by atoms with E-state index < -0.39 is 0 Å². The van der Waals surface area contributed by atoms with Crippen molar-refractivity contribution < 1.29 is 13.9 Å². The molecule has 2 aliphatic rings. The average Bonchev–Trinajstić information content (AvgIpc) is 3.13. The lowest BCUT2D eigenvalue weighted by molar-refractivity contribution is 0.0194. The monoisotopic (exact) mass is 364 g/mol. The fourth-order valence-corrected chi connectivity index (χ4v) is 3.56. The lowest BCUT2D eigenvalue weighted by atomic mass is 10.2. The van der Waals surface area contributed by atoms with E-state index in [4.69, 9.17) is 9.47 Å². The van der Waals surface area contributed by atoms with E-state index in [2.05, 4.69) is 20.1 Å². The van der Waals surface area contributed by atoms with Crippen molar-refractivity contribution in [2.24, 2.45) is 4.99 Å². The van der Waals surface area contributed by atoms with Gasteiger partial charge < -0.3 is 19.7 Å². The molecule has 144 valence electrons.